The number of carbonyl (C=O) groups is 3. The average molecular weight is 930 g/mol. The van der Waals surface area contributed by atoms with Gasteiger partial charge in [0.05, 0.1) is 12.0 Å². The second-order valence-electron chi connectivity index (χ2n) is 19.8. The predicted octanol–water partition coefficient (Wildman–Crippen LogP) is 17.7. The number of rotatable bonds is 52. The second kappa shape index (κ2) is 52.0. The number of allylic oxidation sites excluding steroid dienone is 3. The monoisotopic (exact) mass is 929 g/mol. The molecule has 0 saturated heterocycles. The largest absolute Gasteiger partial charge is 0.462 e. The van der Waals surface area contributed by atoms with Crippen LogP contribution in [0, 0.1) is 5.41 Å². The van der Waals surface area contributed by atoms with Gasteiger partial charge in [-0.3, -0.25) is 0 Å². The summed E-state index contributed by atoms with van der Waals surface area (Å²) in [5.41, 5.74) is -1.28. The van der Waals surface area contributed by atoms with Gasteiger partial charge >= 0.3 is 17.9 Å². The Kier molecular flexibility index (Phi) is 50.1. The van der Waals surface area contributed by atoms with Crippen molar-refractivity contribution < 1.29 is 33.7 Å². The van der Waals surface area contributed by atoms with Crippen LogP contribution in [0.2, 0.25) is 0 Å². The van der Waals surface area contributed by atoms with Crippen LogP contribution >= 0.6 is 0 Å². The molecule has 0 saturated carbocycles. The molecule has 66 heavy (non-hydrogen) atoms. The highest BCUT2D eigenvalue weighted by Gasteiger charge is 2.35. The highest BCUT2D eigenvalue weighted by atomic mass is 16.6. The van der Waals surface area contributed by atoms with Gasteiger partial charge in [-0.15, -0.1) is 0 Å². The maximum atomic E-state index is 12.7. The number of esters is 3. The Bertz CT molecular complexity index is 1010. The number of carbonyl (C=O) groups excluding carboxylic acids is 3. The molecule has 0 bridgehead atoms. The van der Waals surface area contributed by atoms with E-state index < -0.39 is 29.9 Å². The van der Waals surface area contributed by atoms with E-state index in [2.05, 4.69) is 20.8 Å². The van der Waals surface area contributed by atoms with E-state index in [0.29, 0.717) is 0 Å². The van der Waals surface area contributed by atoms with E-state index in [1.165, 1.54) is 230 Å². The van der Waals surface area contributed by atoms with Crippen LogP contribution in [0.5, 0.6) is 0 Å². The van der Waals surface area contributed by atoms with Gasteiger partial charge in [0, 0.05) is 18.2 Å². The van der Waals surface area contributed by atoms with Crippen LogP contribution in [0.1, 0.15) is 290 Å². The minimum atomic E-state index is -1.28. The molecule has 1 N–H and O–H groups in total. The third-order valence-corrected chi connectivity index (χ3v) is 13.1. The van der Waals surface area contributed by atoms with Gasteiger partial charge in [-0.05, 0) is 38.5 Å². The van der Waals surface area contributed by atoms with Crippen LogP contribution in [0.15, 0.2) is 36.5 Å². The van der Waals surface area contributed by atoms with Gasteiger partial charge < -0.3 is 19.3 Å². The molecule has 0 aliphatic heterocycles. The minimum Gasteiger partial charge on any atom is -0.462 e. The molecule has 0 aromatic carbocycles. The maximum absolute atomic E-state index is 12.7. The van der Waals surface area contributed by atoms with Crippen LogP contribution in [-0.2, 0) is 28.6 Å². The summed E-state index contributed by atoms with van der Waals surface area (Å²) in [6.07, 6.45) is 62.7. The average Bonchev–Trinajstić information content (AvgIpc) is 3.32. The molecule has 0 aromatic heterocycles. The first-order chi connectivity index (χ1) is 32.4. The Labute approximate surface area is 408 Å². The fourth-order valence-electron chi connectivity index (χ4n) is 8.46. The van der Waals surface area contributed by atoms with Crippen molar-refractivity contribution in [1.29, 1.82) is 0 Å². The van der Waals surface area contributed by atoms with Gasteiger partial charge in [0.1, 0.15) is 19.8 Å². The molecule has 0 aliphatic rings. The molecule has 0 amide bonds. The second-order valence-corrected chi connectivity index (χ2v) is 19.8. The van der Waals surface area contributed by atoms with Crippen molar-refractivity contribution in [2.24, 2.45) is 5.41 Å². The number of aliphatic hydroxyl groups excluding tert-OH is 1. The van der Waals surface area contributed by atoms with Gasteiger partial charge in [-0.25, -0.2) is 14.4 Å². The van der Waals surface area contributed by atoms with Crippen molar-refractivity contribution in [3.63, 3.8) is 0 Å². The number of hydrogen-bond donors (Lipinski definition) is 1. The van der Waals surface area contributed by atoms with Crippen LogP contribution in [0.25, 0.3) is 0 Å². The molecular formula is C59H108O7. The summed E-state index contributed by atoms with van der Waals surface area (Å²) in [6, 6.07) is 0. The molecule has 0 fully saturated rings. The number of unbranched alkanes of at least 4 members (excludes halogenated alkanes) is 39. The first-order valence-corrected chi connectivity index (χ1v) is 28.5. The van der Waals surface area contributed by atoms with Crippen LogP contribution in [-0.4, -0.2) is 49.4 Å². The number of hydrogen-bond acceptors (Lipinski definition) is 7. The molecule has 0 atom stereocenters. The number of aliphatic hydroxyl groups is 1. The normalized spacial score (nSPS) is 12.7. The summed E-state index contributed by atoms with van der Waals surface area (Å²) >= 11 is 0. The lowest BCUT2D eigenvalue weighted by molar-refractivity contribution is -0.159. The third kappa shape index (κ3) is 46.7. The topological polar surface area (TPSA) is 99.1 Å². The molecule has 0 spiro atoms. The Morgan fingerprint density at radius 1 is 0.318 bits per heavy atom. The third-order valence-electron chi connectivity index (χ3n) is 13.1. The van der Waals surface area contributed by atoms with E-state index in [9.17, 15) is 19.5 Å². The summed E-state index contributed by atoms with van der Waals surface area (Å²) in [5.74, 6) is -1.60. The highest BCUT2D eigenvalue weighted by Crippen LogP contribution is 2.21. The zero-order valence-corrected chi connectivity index (χ0v) is 43.9. The first kappa shape index (κ1) is 63.6. The standard InChI is InChI=1S/C59H108O7/c1-4-7-10-13-16-19-22-25-28-31-34-37-40-43-46-49-56(61)64-53-59(52-60,54-65-57(62)50-47-44-41-38-35-32-29-26-23-20-17-14-11-8-5-2)55-66-58(63)51-48-45-42-39-36-33-30-27-24-21-18-15-12-9-6-3/h46-51,60H,4-45,52-55H2,1-3H3. The van der Waals surface area contributed by atoms with Crippen molar-refractivity contribution in [1.82, 2.24) is 0 Å². The van der Waals surface area contributed by atoms with E-state index >= 15 is 0 Å². The fourth-order valence-corrected chi connectivity index (χ4v) is 8.46. The van der Waals surface area contributed by atoms with Crippen molar-refractivity contribution in [2.45, 2.75) is 290 Å². The summed E-state index contributed by atoms with van der Waals surface area (Å²) in [4.78, 5) is 38.2. The van der Waals surface area contributed by atoms with Crippen molar-refractivity contribution in [3.05, 3.63) is 36.5 Å². The molecule has 0 rings (SSSR count). The SMILES string of the molecule is CCCCCCCCCCCCCCCC=CC(=O)OCC(CO)(COC(=O)C=CCCCCCCCCCCCCCCC)COC(=O)C=CCCCCCCCCCCCCCCC. The summed E-state index contributed by atoms with van der Waals surface area (Å²) in [6.45, 7) is 5.54. The van der Waals surface area contributed by atoms with Gasteiger partial charge in [-0.2, -0.15) is 0 Å². The Morgan fingerprint density at radius 2 is 0.500 bits per heavy atom. The Hall–Kier alpha value is -2.41. The first-order valence-electron chi connectivity index (χ1n) is 28.5. The van der Waals surface area contributed by atoms with Crippen LogP contribution in [0.4, 0.5) is 0 Å². The fraction of sp³-hybridized carbons (Fsp3) is 0.847. The summed E-state index contributed by atoms with van der Waals surface area (Å²) in [7, 11) is 0. The van der Waals surface area contributed by atoms with E-state index in [4.69, 9.17) is 14.2 Å². The van der Waals surface area contributed by atoms with E-state index in [0.717, 1.165) is 57.8 Å². The molecule has 0 aromatic rings. The zero-order valence-electron chi connectivity index (χ0n) is 43.9. The van der Waals surface area contributed by atoms with Crippen molar-refractivity contribution in [3.8, 4) is 0 Å². The van der Waals surface area contributed by atoms with Gasteiger partial charge in [0.2, 0.25) is 0 Å². The summed E-state index contributed by atoms with van der Waals surface area (Å²) in [5, 5.41) is 10.5. The zero-order chi connectivity index (χ0) is 48.1. The Morgan fingerprint density at radius 3 is 0.682 bits per heavy atom. The number of ether oxygens (including phenoxy) is 3. The lowest BCUT2D eigenvalue weighted by atomic mass is 9.92. The molecule has 0 radical (unpaired) electrons. The molecule has 0 heterocycles. The molecule has 0 aliphatic carbocycles. The summed E-state index contributed by atoms with van der Waals surface area (Å²) < 4.78 is 16.7. The van der Waals surface area contributed by atoms with Crippen LogP contribution in [0.3, 0.4) is 0 Å². The van der Waals surface area contributed by atoms with E-state index in [1.54, 1.807) is 0 Å². The smallest absolute Gasteiger partial charge is 0.330 e. The molecule has 386 valence electrons. The van der Waals surface area contributed by atoms with Gasteiger partial charge in [0.15, 0.2) is 0 Å². The highest BCUT2D eigenvalue weighted by molar-refractivity contribution is 5.83. The Balaban J connectivity index is 4.70. The van der Waals surface area contributed by atoms with Crippen molar-refractivity contribution in [2.75, 3.05) is 26.4 Å². The predicted molar refractivity (Wildman–Crippen MR) is 281 cm³/mol. The minimum absolute atomic E-state index is 0.253. The lowest BCUT2D eigenvalue weighted by Gasteiger charge is -2.29. The molecule has 7 nitrogen and oxygen atoms in total. The van der Waals surface area contributed by atoms with E-state index in [-0.39, 0.29) is 19.8 Å². The lowest BCUT2D eigenvalue weighted by Crippen LogP contribution is -2.42. The van der Waals surface area contributed by atoms with Gasteiger partial charge in [0.25, 0.3) is 0 Å². The quantitative estimate of drug-likeness (QED) is 0.0281. The molecule has 0 unspecified atom stereocenters. The van der Waals surface area contributed by atoms with E-state index in [1.807, 2.05) is 18.2 Å². The molecule has 7 heteroatoms. The van der Waals surface area contributed by atoms with Crippen LogP contribution < -0.4 is 0 Å². The molecular weight excluding hydrogens is 821 g/mol. The maximum Gasteiger partial charge on any atom is 0.330 e. The van der Waals surface area contributed by atoms with Crippen molar-refractivity contribution >= 4 is 17.9 Å². The van der Waals surface area contributed by atoms with Gasteiger partial charge in [-0.1, -0.05) is 270 Å².